The number of hydrogen-bond donors (Lipinski definition) is 1. The zero-order valence-electron chi connectivity index (χ0n) is 12.9. The Morgan fingerprint density at radius 3 is 2.77 bits per heavy atom. The predicted octanol–water partition coefficient (Wildman–Crippen LogP) is 2.36. The molecule has 1 N–H and O–H groups in total. The van der Waals surface area contributed by atoms with Crippen LogP contribution in [-0.2, 0) is 17.6 Å². The third kappa shape index (κ3) is 4.49. The molecule has 0 bridgehead atoms. The topological polar surface area (TPSA) is 85.1 Å². The normalized spacial score (nSPS) is 10.9. The number of rotatable bonds is 7. The van der Waals surface area contributed by atoms with Gasteiger partial charge in [0.1, 0.15) is 0 Å². The molecule has 0 aliphatic rings. The molecule has 0 aromatic carbocycles. The molecule has 1 amide bonds. The zero-order chi connectivity index (χ0) is 16.1. The number of aromatic nitrogens is 2. The number of nitrogens with zero attached hydrogens (tertiary/aromatic N) is 2. The van der Waals surface area contributed by atoms with Crippen LogP contribution in [0.5, 0.6) is 0 Å². The van der Waals surface area contributed by atoms with Crippen LogP contribution in [0.15, 0.2) is 16.0 Å². The molecule has 6 nitrogen and oxygen atoms in total. The van der Waals surface area contributed by atoms with E-state index in [-0.39, 0.29) is 24.0 Å². The fourth-order valence-corrected chi connectivity index (χ4v) is 2.63. The molecule has 22 heavy (non-hydrogen) atoms. The molecule has 118 valence electrons. The van der Waals surface area contributed by atoms with Crippen molar-refractivity contribution >= 4 is 23.0 Å². The van der Waals surface area contributed by atoms with Gasteiger partial charge in [0.05, 0.1) is 11.3 Å². The van der Waals surface area contributed by atoms with Gasteiger partial charge in [-0.05, 0) is 23.9 Å². The molecular weight excluding hydrogens is 302 g/mol. The minimum absolute atomic E-state index is 0.0229. The highest BCUT2D eigenvalue weighted by Gasteiger charge is 2.11. The molecule has 0 aliphatic heterocycles. The Balaban J connectivity index is 1.76. The lowest BCUT2D eigenvalue weighted by molar-refractivity contribution is -0.120. The second kappa shape index (κ2) is 7.31. The van der Waals surface area contributed by atoms with Gasteiger partial charge in [-0.15, -0.1) is 11.3 Å². The van der Waals surface area contributed by atoms with Gasteiger partial charge in [0, 0.05) is 18.9 Å². The van der Waals surface area contributed by atoms with Crippen molar-refractivity contribution < 1.29 is 14.1 Å². The average molecular weight is 321 g/mol. The fourth-order valence-electron chi connectivity index (χ4n) is 1.82. The monoisotopic (exact) mass is 321 g/mol. The van der Waals surface area contributed by atoms with Crippen LogP contribution in [0.1, 0.15) is 53.6 Å². The minimum Gasteiger partial charge on any atom is -0.355 e. The van der Waals surface area contributed by atoms with Gasteiger partial charge in [-0.1, -0.05) is 19.0 Å². The van der Waals surface area contributed by atoms with E-state index in [1.165, 1.54) is 18.3 Å². The molecule has 0 spiro atoms. The smallest absolute Gasteiger partial charge is 0.229 e. The summed E-state index contributed by atoms with van der Waals surface area (Å²) < 4.78 is 5.10. The summed E-state index contributed by atoms with van der Waals surface area (Å²) in [5.74, 6) is 1.34. The molecule has 2 aromatic heterocycles. The highest BCUT2D eigenvalue weighted by molar-refractivity contribution is 7.12. The standard InChI is InChI=1S/C15H19N3O3S/c1-9(2)15-17-13(18-21-15)4-5-16-14(20)7-11-6-12(10(3)19)22-8-11/h6,8-9H,4-5,7H2,1-3H3,(H,16,20). The molecule has 2 aromatic rings. The van der Waals surface area contributed by atoms with Gasteiger partial charge in [-0.3, -0.25) is 9.59 Å². The molecule has 0 radical (unpaired) electrons. The van der Waals surface area contributed by atoms with E-state index in [4.69, 9.17) is 4.52 Å². The van der Waals surface area contributed by atoms with Crippen molar-refractivity contribution in [2.24, 2.45) is 0 Å². The van der Waals surface area contributed by atoms with Crippen LogP contribution in [0.3, 0.4) is 0 Å². The number of nitrogens with one attached hydrogen (secondary N) is 1. The lowest BCUT2D eigenvalue weighted by Gasteiger charge is -2.01. The number of carbonyl (C=O) groups excluding carboxylic acids is 2. The molecule has 0 atom stereocenters. The van der Waals surface area contributed by atoms with Crippen LogP contribution < -0.4 is 5.32 Å². The molecule has 0 aliphatic carbocycles. The first-order valence-electron chi connectivity index (χ1n) is 7.13. The van der Waals surface area contributed by atoms with Crippen LogP contribution in [0.2, 0.25) is 0 Å². The van der Waals surface area contributed by atoms with E-state index in [0.717, 1.165) is 5.56 Å². The SMILES string of the molecule is CC(=O)c1cc(CC(=O)NCCc2noc(C(C)C)n2)cs1. The molecule has 2 rings (SSSR count). The second-order valence-corrected chi connectivity index (χ2v) is 6.27. The average Bonchev–Trinajstić information content (AvgIpc) is 3.07. The maximum Gasteiger partial charge on any atom is 0.229 e. The van der Waals surface area contributed by atoms with Crippen LogP contribution in [0, 0.1) is 0 Å². The van der Waals surface area contributed by atoms with E-state index < -0.39 is 0 Å². The van der Waals surface area contributed by atoms with Crippen molar-refractivity contribution in [3.63, 3.8) is 0 Å². The molecule has 0 unspecified atom stereocenters. The van der Waals surface area contributed by atoms with E-state index in [9.17, 15) is 9.59 Å². The summed E-state index contributed by atoms with van der Waals surface area (Å²) in [5, 5.41) is 8.52. The Morgan fingerprint density at radius 2 is 2.18 bits per heavy atom. The fraction of sp³-hybridized carbons (Fsp3) is 0.467. The van der Waals surface area contributed by atoms with E-state index in [0.29, 0.717) is 29.6 Å². The molecule has 0 fully saturated rings. The van der Waals surface area contributed by atoms with Crippen LogP contribution in [0.4, 0.5) is 0 Å². The quantitative estimate of drug-likeness (QED) is 0.791. The summed E-state index contributed by atoms with van der Waals surface area (Å²) in [6.07, 6.45) is 0.803. The van der Waals surface area contributed by atoms with Gasteiger partial charge in [-0.25, -0.2) is 0 Å². The first-order valence-corrected chi connectivity index (χ1v) is 8.01. The highest BCUT2D eigenvalue weighted by atomic mass is 32.1. The van der Waals surface area contributed by atoms with E-state index >= 15 is 0 Å². The first kappa shape index (κ1) is 16.4. The van der Waals surface area contributed by atoms with E-state index in [2.05, 4.69) is 15.5 Å². The van der Waals surface area contributed by atoms with Gasteiger partial charge >= 0.3 is 0 Å². The van der Waals surface area contributed by atoms with Crippen LogP contribution in [0.25, 0.3) is 0 Å². The van der Waals surface area contributed by atoms with Gasteiger partial charge in [-0.2, -0.15) is 4.98 Å². The third-order valence-corrected chi connectivity index (χ3v) is 4.09. The lowest BCUT2D eigenvalue weighted by Crippen LogP contribution is -2.27. The number of ketones is 1. The second-order valence-electron chi connectivity index (χ2n) is 5.36. The van der Waals surface area contributed by atoms with Crippen molar-refractivity contribution in [3.05, 3.63) is 33.6 Å². The first-order chi connectivity index (χ1) is 10.5. The summed E-state index contributed by atoms with van der Waals surface area (Å²) in [7, 11) is 0. The number of Topliss-reactive ketones (excluding diaryl/α,β-unsaturated/α-hetero) is 1. The number of amides is 1. The maximum atomic E-state index is 11.8. The molecule has 0 saturated heterocycles. The Kier molecular flexibility index (Phi) is 5.43. The summed E-state index contributed by atoms with van der Waals surface area (Å²) in [4.78, 5) is 28.0. The Hall–Kier alpha value is -2.02. The van der Waals surface area contributed by atoms with Crippen molar-refractivity contribution in [1.29, 1.82) is 0 Å². The van der Waals surface area contributed by atoms with Crippen molar-refractivity contribution in [3.8, 4) is 0 Å². The van der Waals surface area contributed by atoms with Gasteiger partial charge < -0.3 is 9.84 Å². The Bertz CT molecular complexity index is 661. The minimum atomic E-state index is -0.0829. The maximum absolute atomic E-state index is 11.8. The summed E-state index contributed by atoms with van der Waals surface area (Å²) in [5.41, 5.74) is 0.856. The van der Waals surface area contributed by atoms with Gasteiger partial charge in [0.2, 0.25) is 11.8 Å². The number of carbonyl (C=O) groups is 2. The highest BCUT2D eigenvalue weighted by Crippen LogP contribution is 2.15. The zero-order valence-corrected chi connectivity index (χ0v) is 13.7. The summed E-state index contributed by atoms with van der Waals surface area (Å²) in [6.45, 7) is 5.94. The molecule has 2 heterocycles. The van der Waals surface area contributed by atoms with E-state index in [1.807, 2.05) is 19.2 Å². The van der Waals surface area contributed by atoms with Gasteiger partial charge in [0.15, 0.2) is 11.6 Å². The van der Waals surface area contributed by atoms with Crippen LogP contribution >= 0.6 is 11.3 Å². The molecule has 7 heteroatoms. The summed E-state index contributed by atoms with van der Waals surface area (Å²) in [6, 6.07) is 1.76. The predicted molar refractivity (Wildman–Crippen MR) is 83.1 cm³/mol. The largest absolute Gasteiger partial charge is 0.355 e. The third-order valence-electron chi connectivity index (χ3n) is 3.01. The summed E-state index contributed by atoms with van der Waals surface area (Å²) >= 11 is 1.36. The Labute approximate surface area is 132 Å². The molecular formula is C15H19N3O3S. The van der Waals surface area contributed by atoms with Gasteiger partial charge in [0.25, 0.3) is 0 Å². The Morgan fingerprint density at radius 1 is 1.41 bits per heavy atom. The van der Waals surface area contributed by atoms with Crippen molar-refractivity contribution in [1.82, 2.24) is 15.5 Å². The van der Waals surface area contributed by atoms with Crippen molar-refractivity contribution in [2.45, 2.75) is 39.5 Å². The van der Waals surface area contributed by atoms with E-state index in [1.54, 1.807) is 6.07 Å². The molecule has 0 saturated carbocycles. The number of hydrogen-bond acceptors (Lipinski definition) is 6. The lowest BCUT2D eigenvalue weighted by atomic mass is 10.2. The van der Waals surface area contributed by atoms with Crippen LogP contribution in [-0.4, -0.2) is 28.4 Å². The van der Waals surface area contributed by atoms with Crippen molar-refractivity contribution in [2.75, 3.05) is 6.54 Å². The number of thiophene rings is 1.